The fourth-order valence-corrected chi connectivity index (χ4v) is 1.47. The third-order valence-corrected chi connectivity index (χ3v) is 2.97. The van der Waals surface area contributed by atoms with Gasteiger partial charge in [-0.05, 0) is 33.1 Å². The van der Waals surface area contributed by atoms with E-state index in [0.29, 0.717) is 0 Å². The van der Waals surface area contributed by atoms with Crippen molar-refractivity contribution in [3.63, 3.8) is 0 Å². The summed E-state index contributed by atoms with van der Waals surface area (Å²) in [6.45, 7) is 13.0. The lowest BCUT2D eigenvalue weighted by Crippen LogP contribution is -2.47. The maximum absolute atomic E-state index is 6.14. The summed E-state index contributed by atoms with van der Waals surface area (Å²) in [5, 5.41) is 0. The average molecular weight is 199 g/mol. The summed E-state index contributed by atoms with van der Waals surface area (Å²) in [6, 6.07) is 0.0555. The molecule has 84 valence electrons. The van der Waals surface area contributed by atoms with Crippen LogP contribution < -0.4 is 5.73 Å². The van der Waals surface area contributed by atoms with Crippen LogP contribution in [-0.2, 0) is 4.74 Å². The average Bonchev–Trinajstić information content (AvgIpc) is 2.17. The van der Waals surface area contributed by atoms with Crippen molar-refractivity contribution >= 4 is 0 Å². The van der Waals surface area contributed by atoms with E-state index in [2.05, 4.69) is 27.4 Å². The Kier molecular flexibility index (Phi) is 6.05. The van der Waals surface area contributed by atoms with Crippen LogP contribution >= 0.6 is 0 Å². The highest BCUT2D eigenvalue weighted by Crippen LogP contribution is 2.23. The van der Waals surface area contributed by atoms with Crippen molar-refractivity contribution in [1.29, 1.82) is 0 Å². The van der Waals surface area contributed by atoms with Crippen LogP contribution in [0.5, 0.6) is 0 Å². The Morgan fingerprint density at radius 2 is 2.00 bits per heavy atom. The first-order valence-electron chi connectivity index (χ1n) is 5.56. The Balaban J connectivity index is 4.29. The molecule has 2 heteroatoms. The molecule has 0 rings (SSSR count). The van der Waals surface area contributed by atoms with Gasteiger partial charge in [0.25, 0.3) is 0 Å². The van der Waals surface area contributed by atoms with Crippen LogP contribution in [0.3, 0.4) is 0 Å². The molecule has 0 saturated heterocycles. The van der Waals surface area contributed by atoms with E-state index < -0.39 is 0 Å². The molecule has 0 aromatic heterocycles. The Hall–Kier alpha value is -0.340. The lowest BCUT2D eigenvalue weighted by molar-refractivity contribution is -0.0462. The fraction of sp³-hybridized carbons (Fsp3) is 0.833. The molecule has 2 unspecified atom stereocenters. The van der Waals surface area contributed by atoms with Crippen LogP contribution in [-0.4, -0.2) is 18.2 Å². The van der Waals surface area contributed by atoms with Crippen LogP contribution in [0.25, 0.3) is 0 Å². The van der Waals surface area contributed by atoms with Gasteiger partial charge in [-0.2, -0.15) is 0 Å². The number of hydrogen-bond donors (Lipinski definition) is 1. The molecular formula is C12H25NO. The molecular weight excluding hydrogens is 174 g/mol. The summed E-state index contributed by atoms with van der Waals surface area (Å²) in [4.78, 5) is 0. The summed E-state index contributed by atoms with van der Waals surface area (Å²) >= 11 is 0. The minimum Gasteiger partial charge on any atom is -0.374 e. The second-order valence-corrected chi connectivity index (χ2v) is 4.01. The molecule has 0 saturated carbocycles. The van der Waals surface area contributed by atoms with Gasteiger partial charge in [0.05, 0.1) is 5.60 Å². The molecule has 14 heavy (non-hydrogen) atoms. The van der Waals surface area contributed by atoms with Gasteiger partial charge in [-0.3, -0.25) is 0 Å². The van der Waals surface area contributed by atoms with Gasteiger partial charge in [0.1, 0.15) is 0 Å². The fourth-order valence-electron chi connectivity index (χ4n) is 1.47. The highest BCUT2D eigenvalue weighted by atomic mass is 16.5. The van der Waals surface area contributed by atoms with Crippen molar-refractivity contribution in [3.8, 4) is 0 Å². The van der Waals surface area contributed by atoms with E-state index in [1.807, 2.05) is 6.92 Å². The predicted molar refractivity (Wildman–Crippen MR) is 62.3 cm³/mol. The SMILES string of the molecule is C=C(CC)CC(N)C(C)(CC)OCC. The highest BCUT2D eigenvalue weighted by molar-refractivity contribution is 5.01. The normalized spacial score (nSPS) is 17.5. The monoisotopic (exact) mass is 199 g/mol. The van der Waals surface area contributed by atoms with E-state index >= 15 is 0 Å². The Bertz CT molecular complexity index is 179. The largest absolute Gasteiger partial charge is 0.374 e. The summed E-state index contributed by atoms with van der Waals surface area (Å²) in [5.74, 6) is 0. The van der Waals surface area contributed by atoms with Crippen molar-refractivity contribution in [2.24, 2.45) is 5.73 Å². The lowest BCUT2D eigenvalue weighted by atomic mass is 9.88. The third-order valence-electron chi connectivity index (χ3n) is 2.97. The zero-order valence-corrected chi connectivity index (χ0v) is 10.1. The lowest BCUT2D eigenvalue weighted by Gasteiger charge is -2.34. The van der Waals surface area contributed by atoms with E-state index in [1.54, 1.807) is 0 Å². The first kappa shape index (κ1) is 13.7. The number of rotatable bonds is 7. The Labute approximate surface area is 88.5 Å². The highest BCUT2D eigenvalue weighted by Gasteiger charge is 2.30. The smallest absolute Gasteiger partial charge is 0.0805 e. The van der Waals surface area contributed by atoms with Gasteiger partial charge in [-0.15, -0.1) is 0 Å². The van der Waals surface area contributed by atoms with E-state index in [1.165, 1.54) is 5.57 Å². The molecule has 0 aliphatic carbocycles. The van der Waals surface area contributed by atoms with Gasteiger partial charge in [-0.1, -0.05) is 26.0 Å². The molecule has 0 aliphatic rings. The van der Waals surface area contributed by atoms with Crippen LogP contribution in [0.4, 0.5) is 0 Å². The van der Waals surface area contributed by atoms with E-state index in [0.717, 1.165) is 25.9 Å². The van der Waals surface area contributed by atoms with E-state index in [-0.39, 0.29) is 11.6 Å². The second-order valence-electron chi connectivity index (χ2n) is 4.01. The number of hydrogen-bond acceptors (Lipinski definition) is 2. The zero-order chi connectivity index (χ0) is 11.2. The quantitative estimate of drug-likeness (QED) is 0.640. The first-order chi connectivity index (χ1) is 6.50. The predicted octanol–water partition coefficient (Wildman–Crippen LogP) is 2.88. The molecule has 0 amide bonds. The topological polar surface area (TPSA) is 35.2 Å². The molecule has 0 spiro atoms. The number of nitrogens with two attached hydrogens (primary N) is 1. The van der Waals surface area contributed by atoms with Crippen LogP contribution in [0.2, 0.25) is 0 Å². The third kappa shape index (κ3) is 3.81. The second kappa shape index (κ2) is 6.20. The van der Waals surface area contributed by atoms with Crippen LogP contribution in [0, 0.1) is 0 Å². The maximum Gasteiger partial charge on any atom is 0.0805 e. The first-order valence-corrected chi connectivity index (χ1v) is 5.56. The van der Waals surface area contributed by atoms with Crippen LogP contribution in [0.15, 0.2) is 12.2 Å². The minimum absolute atomic E-state index is 0.0555. The maximum atomic E-state index is 6.14. The van der Waals surface area contributed by atoms with Crippen molar-refractivity contribution < 1.29 is 4.74 Å². The van der Waals surface area contributed by atoms with Crippen molar-refractivity contribution in [2.75, 3.05) is 6.61 Å². The van der Waals surface area contributed by atoms with E-state index in [4.69, 9.17) is 10.5 Å². The molecule has 2 atom stereocenters. The molecule has 0 radical (unpaired) electrons. The number of ether oxygens (including phenoxy) is 1. The Morgan fingerprint density at radius 3 is 2.36 bits per heavy atom. The van der Waals surface area contributed by atoms with Crippen LogP contribution in [0.1, 0.15) is 47.0 Å². The van der Waals surface area contributed by atoms with Gasteiger partial charge in [0.15, 0.2) is 0 Å². The standard InChI is InChI=1S/C12H25NO/c1-6-10(4)9-11(13)12(5,7-2)14-8-3/h11H,4,6-9,13H2,1-3,5H3. The van der Waals surface area contributed by atoms with Gasteiger partial charge < -0.3 is 10.5 Å². The molecule has 2 nitrogen and oxygen atoms in total. The molecule has 0 aromatic carbocycles. The Morgan fingerprint density at radius 1 is 1.43 bits per heavy atom. The molecule has 0 heterocycles. The van der Waals surface area contributed by atoms with Crippen molar-refractivity contribution in [2.45, 2.75) is 58.6 Å². The molecule has 0 aromatic rings. The molecule has 0 fully saturated rings. The van der Waals surface area contributed by atoms with Gasteiger partial charge in [0.2, 0.25) is 0 Å². The summed E-state index contributed by atoms with van der Waals surface area (Å²) in [6.07, 6.45) is 2.81. The van der Waals surface area contributed by atoms with Crippen molar-refractivity contribution in [1.82, 2.24) is 0 Å². The van der Waals surface area contributed by atoms with Gasteiger partial charge in [0, 0.05) is 12.6 Å². The molecule has 0 aliphatic heterocycles. The summed E-state index contributed by atoms with van der Waals surface area (Å²) < 4.78 is 5.72. The zero-order valence-electron chi connectivity index (χ0n) is 10.1. The molecule has 0 bridgehead atoms. The summed E-state index contributed by atoms with van der Waals surface area (Å²) in [5.41, 5.74) is 7.14. The molecule has 2 N–H and O–H groups in total. The van der Waals surface area contributed by atoms with Crippen molar-refractivity contribution in [3.05, 3.63) is 12.2 Å². The van der Waals surface area contributed by atoms with E-state index in [9.17, 15) is 0 Å². The minimum atomic E-state index is -0.202. The summed E-state index contributed by atoms with van der Waals surface area (Å²) in [7, 11) is 0. The van der Waals surface area contributed by atoms with Gasteiger partial charge in [-0.25, -0.2) is 0 Å². The van der Waals surface area contributed by atoms with Gasteiger partial charge >= 0.3 is 0 Å².